The zero-order chi connectivity index (χ0) is 24.1. The predicted molar refractivity (Wildman–Crippen MR) is 121 cm³/mol. The molecule has 0 saturated heterocycles. The lowest BCUT2D eigenvalue weighted by molar-refractivity contribution is 0.0653. The van der Waals surface area contributed by atoms with Crippen molar-refractivity contribution in [1.29, 1.82) is 0 Å². The van der Waals surface area contributed by atoms with E-state index in [1.165, 1.54) is 18.3 Å². The number of nitrogens with zero attached hydrogens (tertiary/aromatic N) is 3. The van der Waals surface area contributed by atoms with E-state index in [4.69, 9.17) is 6.42 Å². The zero-order valence-electron chi connectivity index (χ0n) is 17.7. The van der Waals surface area contributed by atoms with Crippen LogP contribution in [0.2, 0.25) is 0 Å². The summed E-state index contributed by atoms with van der Waals surface area (Å²) >= 11 is 3.21. The SMILES string of the molecule is C#C[C@@H](Nc1nc(C)nc2c(Br)c(=O)n(C3(C(F)F)CC3)cc12)c1cccc(C(F)F)c1C. The standard InChI is InChI=1S/C23H19BrF4N4O/c1-4-16(13-6-5-7-14(11(13)2)19(25)26)31-20-15-10-32(23(8-9-23)22(27)28)21(33)17(24)18(15)29-12(3)30-20/h1,5-7,10,16,19,22H,8-9H2,2-3H3,(H,29,30,31)/t16-/m1/s1. The monoisotopic (exact) mass is 522 g/mol. The van der Waals surface area contributed by atoms with Gasteiger partial charge in [0.1, 0.15) is 27.7 Å². The predicted octanol–water partition coefficient (Wildman–Crippen LogP) is 5.65. The maximum atomic E-state index is 13.8. The number of pyridine rings is 1. The van der Waals surface area contributed by atoms with Gasteiger partial charge in [0.15, 0.2) is 0 Å². The Hall–Kier alpha value is -2.93. The molecule has 0 unspecified atom stereocenters. The molecule has 0 amide bonds. The van der Waals surface area contributed by atoms with Crippen molar-refractivity contribution in [2.75, 3.05) is 5.32 Å². The smallest absolute Gasteiger partial charge is 0.267 e. The first-order valence-corrected chi connectivity index (χ1v) is 10.9. The van der Waals surface area contributed by atoms with Crippen LogP contribution in [0.5, 0.6) is 0 Å². The number of aromatic nitrogens is 3. The van der Waals surface area contributed by atoms with Crippen molar-refractivity contribution in [2.45, 2.75) is 51.1 Å². The van der Waals surface area contributed by atoms with Crippen LogP contribution in [0.3, 0.4) is 0 Å². The third kappa shape index (κ3) is 3.88. The first-order valence-electron chi connectivity index (χ1n) is 10.1. The number of hydrogen-bond donors (Lipinski definition) is 1. The minimum atomic E-state index is -2.72. The van der Waals surface area contributed by atoms with Gasteiger partial charge in [-0.05, 0) is 53.7 Å². The van der Waals surface area contributed by atoms with E-state index in [9.17, 15) is 22.4 Å². The van der Waals surface area contributed by atoms with Crippen LogP contribution in [-0.2, 0) is 5.54 Å². The number of hydrogen-bond acceptors (Lipinski definition) is 4. The molecule has 0 bridgehead atoms. The molecular formula is C23H19BrF4N4O. The normalized spacial score (nSPS) is 15.6. The van der Waals surface area contributed by atoms with Crippen molar-refractivity contribution in [3.8, 4) is 12.3 Å². The van der Waals surface area contributed by atoms with Gasteiger partial charge in [-0.3, -0.25) is 4.79 Å². The Labute approximate surface area is 195 Å². The van der Waals surface area contributed by atoms with Crippen LogP contribution in [0, 0.1) is 26.2 Å². The van der Waals surface area contributed by atoms with Crippen LogP contribution in [0.15, 0.2) is 33.7 Å². The van der Waals surface area contributed by atoms with E-state index >= 15 is 0 Å². The third-order valence-corrected chi connectivity index (χ3v) is 6.70. The van der Waals surface area contributed by atoms with Crippen LogP contribution in [0.4, 0.5) is 23.4 Å². The Morgan fingerprint density at radius 2 is 1.85 bits per heavy atom. The molecule has 1 aromatic carbocycles. The van der Waals surface area contributed by atoms with E-state index < -0.39 is 30.0 Å². The van der Waals surface area contributed by atoms with E-state index in [0.29, 0.717) is 22.3 Å². The molecule has 0 aliphatic heterocycles. The molecule has 10 heteroatoms. The number of rotatable bonds is 6. The molecule has 1 atom stereocenters. The van der Waals surface area contributed by atoms with Crippen LogP contribution >= 0.6 is 15.9 Å². The van der Waals surface area contributed by atoms with Crippen molar-refractivity contribution >= 4 is 32.7 Å². The minimum Gasteiger partial charge on any atom is -0.352 e. The average molecular weight is 523 g/mol. The van der Waals surface area contributed by atoms with Crippen LogP contribution in [0.1, 0.15) is 47.8 Å². The van der Waals surface area contributed by atoms with E-state index in [1.54, 1.807) is 19.9 Å². The van der Waals surface area contributed by atoms with Gasteiger partial charge in [0.25, 0.3) is 18.4 Å². The Kier molecular flexibility index (Phi) is 5.95. The number of terminal acetylenes is 1. The fourth-order valence-electron chi connectivity index (χ4n) is 3.97. The Morgan fingerprint density at radius 3 is 2.42 bits per heavy atom. The average Bonchev–Trinajstić information content (AvgIpc) is 3.57. The Balaban J connectivity index is 1.88. The van der Waals surface area contributed by atoms with Gasteiger partial charge in [-0.1, -0.05) is 24.1 Å². The number of benzene rings is 1. The molecule has 2 aromatic heterocycles. The number of anilines is 1. The molecule has 172 valence electrons. The summed E-state index contributed by atoms with van der Waals surface area (Å²) in [4.78, 5) is 21.5. The van der Waals surface area contributed by atoms with Gasteiger partial charge >= 0.3 is 0 Å². The summed E-state index contributed by atoms with van der Waals surface area (Å²) in [6.07, 6.45) is 2.00. The molecule has 1 N–H and O–H groups in total. The Bertz CT molecular complexity index is 1350. The van der Waals surface area contributed by atoms with Crippen molar-refractivity contribution < 1.29 is 17.6 Å². The van der Waals surface area contributed by atoms with Gasteiger partial charge in [0.2, 0.25) is 0 Å². The fourth-order valence-corrected chi connectivity index (χ4v) is 4.46. The molecule has 1 aliphatic carbocycles. The second kappa shape index (κ2) is 8.45. The first kappa shape index (κ1) is 23.2. The first-order chi connectivity index (χ1) is 15.6. The van der Waals surface area contributed by atoms with Gasteiger partial charge in [-0.2, -0.15) is 0 Å². The number of aryl methyl sites for hydroxylation is 1. The number of fused-ring (bicyclic) bond motifs is 1. The molecular weight excluding hydrogens is 504 g/mol. The number of alkyl halides is 4. The third-order valence-electron chi connectivity index (χ3n) is 5.99. The molecule has 1 saturated carbocycles. The van der Waals surface area contributed by atoms with E-state index in [1.807, 2.05) is 0 Å². The lowest BCUT2D eigenvalue weighted by Gasteiger charge is -2.22. The van der Waals surface area contributed by atoms with Gasteiger partial charge in [-0.15, -0.1) is 6.42 Å². The molecule has 0 spiro atoms. The van der Waals surface area contributed by atoms with Gasteiger partial charge in [-0.25, -0.2) is 27.5 Å². The number of nitrogens with one attached hydrogen (secondary N) is 1. The maximum absolute atomic E-state index is 13.8. The summed E-state index contributed by atoms with van der Waals surface area (Å²) < 4.78 is 55.3. The second-order valence-electron chi connectivity index (χ2n) is 8.01. The molecule has 0 radical (unpaired) electrons. The summed E-state index contributed by atoms with van der Waals surface area (Å²) in [6, 6.07) is 3.62. The topological polar surface area (TPSA) is 59.8 Å². The van der Waals surface area contributed by atoms with E-state index in [-0.39, 0.29) is 34.2 Å². The lowest BCUT2D eigenvalue weighted by Crippen LogP contribution is -2.36. The van der Waals surface area contributed by atoms with Crippen molar-refractivity contribution in [2.24, 2.45) is 0 Å². The summed E-state index contributed by atoms with van der Waals surface area (Å²) in [6.45, 7) is 3.16. The highest BCUT2D eigenvalue weighted by molar-refractivity contribution is 9.10. The lowest BCUT2D eigenvalue weighted by atomic mass is 9.97. The molecule has 1 aliphatic rings. The second-order valence-corrected chi connectivity index (χ2v) is 8.80. The quantitative estimate of drug-likeness (QED) is 0.335. The zero-order valence-corrected chi connectivity index (χ0v) is 19.3. The summed E-state index contributed by atoms with van der Waals surface area (Å²) in [5.74, 6) is 3.06. The fraction of sp³-hybridized carbons (Fsp3) is 0.348. The minimum absolute atomic E-state index is 0.0358. The highest BCUT2D eigenvalue weighted by atomic mass is 79.9. The van der Waals surface area contributed by atoms with Crippen LogP contribution < -0.4 is 10.9 Å². The van der Waals surface area contributed by atoms with Crippen molar-refractivity contribution in [3.05, 3.63) is 61.7 Å². The highest BCUT2D eigenvalue weighted by Crippen LogP contribution is 2.48. The molecule has 2 heterocycles. The molecule has 33 heavy (non-hydrogen) atoms. The van der Waals surface area contributed by atoms with Gasteiger partial charge in [0, 0.05) is 11.8 Å². The van der Waals surface area contributed by atoms with Crippen LogP contribution in [0.25, 0.3) is 10.9 Å². The molecule has 5 nitrogen and oxygen atoms in total. The summed E-state index contributed by atoms with van der Waals surface area (Å²) in [7, 11) is 0. The van der Waals surface area contributed by atoms with Gasteiger partial charge in [0.05, 0.1) is 10.9 Å². The van der Waals surface area contributed by atoms with Crippen molar-refractivity contribution in [3.63, 3.8) is 0 Å². The summed E-state index contributed by atoms with van der Waals surface area (Å²) in [5, 5.41) is 3.36. The van der Waals surface area contributed by atoms with Crippen molar-refractivity contribution in [1.82, 2.24) is 14.5 Å². The summed E-state index contributed by atoms with van der Waals surface area (Å²) in [5.41, 5.74) is -1.28. The molecule has 4 rings (SSSR count). The maximum Gasteiger partial charge on any atom is 0.267 e. The largest absolute Gasteiger partial charge is 0.352 e. The molecule has 3 aromatic rings. The van der Waals surface area contributed by atoms with E-state index in [0.717, 1.165) is 4.57 Å². The van der Waals surface area contributed by atoms with Gasteiger partial charge < -0.3 is 9.88 Å². The Morgan fingerprint density at radius 1 is 1.18 bits per heavy atom. The number of halogens is 5. The van der Waals surface area contributed by atoms with E-state index in [2.05, 4.69) is 37.1 Å². The molecule has 1 fully saturated rings. The van der Waals surface area contributed by atoms with Crippen LogP contribution in [-0.4, -0.2) is 21.0 Å². The highest BCUT2D eigenvalue weighted by Gasteiger charge is 2.53.